The van der Waals surface area contributed by atoms with E-state index < -0.39 is 4.92 Å². The molecule has 0 radical (unpaired) electrons. The van der Waals surface area contributed by atoms with Gasteiger partial charge in [-0.25, -0.2) is 0 Å². The maximum Gasteiger partial charge on any atom is 0.292 e. The van der Waals surface area contributed by atoms with Crippen molar-refractivity contribution in [2.24, 2.45) is 0 Å². The third-order valence-electron chi connectivity index (χ3n) is 7.95. The first-order valence-electron chi connectivity index (χ1n) is 16.4. The molecule has 0 spiro atoms. The summed E-state index contributed by atoms with van der Waals surface area (Å²) in [5, 5.41) is 18.4. The van der Waals surface area contributed by atoms with Crippen LogP contribution >= 0.6 is 31.9 Å². The van der Waals surface area contributed by atoms with E-state index in [1.165, 1.54) is 24.8 Å². The van der Waals surface area contributed by atoms with Crippen LogP contribution < -0.4 is 36.8 Å². The predicted molar refractivity (Wildman–Crippen MR) is 220 cm³/mol. The summed E-state index contributed by atoms with van der Waals surface area (Å²) in [5.41, 5.74) is 23.5. The zero-order valence-electron chi connectivity index (χ0n) is 28.9. The largest absolute Gasteiger partial charge is 0.412 e. The first-order valence-corrected chi connectivity index (χ1v) is 17.0. The van der Waals surface area contributed by atoms with Crippen LogP contribution in [-0.4, -0.2) is 74.5 Å². The second-order valence-electron chi connectivity index (χ2n) is 11.0. The van der Waals surface area contributed by atoms with Crippen LogP contribution in [0.15, 0.2) is 93.9 Å². The molecule has 9 N–H and O–H groups in total. The molecule has 0 saturated carbocycles. The molecule has 274 valence electrons. The van der Waals surface area contributed by atoms with E-state index in [1.54, 1.807) is 19.1 Å². The number of nitro benzene ring substituents is 1. The van der Waals surface area contributed by atoms with Gasteiger partial charge in [0.1, 0.15) is 5.69 Å². The minimum atomic E-state index is -0.454. The van der Waals surface area contributed by atoms with E-state index >= 15 is 0 Å². The Morgan fingerprint density at radius 1 is 0.640 bits per heavy atom. The molecule has 6 rings (SSSR count). The lowest BCUT2D eigenvalue weighted by Gasteiger charge is -2.37. The van der Waals surface area contributed by atoms with Crippen LogP contribution in [0.4, 0.5) is 45.5 Å². The van der Waals surface area contributed by atoms with Crippen molar-refractivity contribution in [3.8, 4) is 0 Å². The van der Waals surface area contributed by atoms with Crippen LogP contribution in [0, 0.1) is 10.1 Å². The van der Waals surface area contributed by atoms with Gasteiger partial charge in [0.2, 0.25) is 0 Å². The number of benzene rings is 4. The molecule has 2 aliphatic heterocycles. The number of hydrogen-bond donors (Lipinski definition) is 4. The van der Waals surface area contributed by atoms with Gasteiger partial charge in [0.25, 0.3) is 5.69 Å². The summed E-state index contributed by atoms with van der Waals surface area (Å²) in [5.74, 6) is 0. The molecular weight excluding hydrogens is 768 g/mol. The smallest absolute Gasteiger partial charge is 0.292 e. The Morgan fingerprint density at radius 3 is 1.26 bits per heavy atom. The normalized spacial score (nSPS) is 13.7. The van der Waals surface area contributed by atoms with Gasteiger partial charge >= 0.3 is 0 Å². The van der Waals surface area contributed by atoms with Crippen molar-refractivity contribution in [2.75, 3.05) is 95.8 Å². The van der Waals surface area contributed by atoms with Crippen molar-refractivity contribution in [2.45, 2.75) is 21.8 Å². The number of rotatable bonds is 5. The maximum atomic E-state index is 10.8. The molecule has 0 bridgehead atoms. The van der Waals surface area contributed by atoms with Crippen molar-refractivity contribution in [1.82, 2.24) is 0 Å². The van der Waals surface area contributed by atoms with Gasteiger partial charge in [0.15, 0.2) is 0 Å². The van der Waals surface area contributed by atoms with E-state index in [4.69, 9.17) is 23.7 Å². The zero-order valence-corrected chi connectivity index (χ0v) is 31.1. The fraction of sp³-hybridized carbons (Fsp3) is 0.333. The van der Waals surface area contributed by atoms with E-state index in [0.717, 1.165) is 72.7 Å². The van der Waals surface area contributed by atoms with E-state index in [1.807, 2.05) is 30.3 Å². The number of nitro groups is 1. The summed E-state index contributed by atoms with van der Waals surface area (Å²) in [7, 11) is 1.25. The number of piperazine rings is 2. The minimum absolute atomic E-state index is 0. The molecular formula is C36H52Br2N8O4. The number of halogens is 2. The average Bonchev–Trinajstić information content (AvgIpc) is 3.12. The topological polar surface area (TPSA) is 186 Å². The first-order chi connectivity index (χ1) is 23.6. The van der Waals surface area contributed by atoms with Gasteiger partial charge in [0, 0.05) is 98.1 Å². The van der Waals surface area contributed by atoms with E-state index in [2.05, 4.69) is 87.9 Å². The van der Waals surface area contributed by atoms with Gasteiger partial charge in [-0.15, -0.1) is 0 Å². The predicted octanol–water partition coefficient (Wildman–Crippen LogP) is 6.65. The van der Waals surface area contributed by atoms with Crippen molar-refractivity contribution < 1.29 is 16.9 Å². The molecule has 14 heteroatoms. The summed E-state index contributed by atoms with van der Waals surface area (Å²) in [4.78, 5) is 19.7. The highest BCUT2D eigenvalue weighted by molar-refractivity contribution is 9.10. The Morgan fingerprint density at radius 2 is 0.940 bits per heavy atom. The summed E-state index contributed by atoms with van der Waals surface area (Å²) in [6.07, 6.45) is 0. The van der Waals surface area contributed by atoms with E-state index in [-0.39, 0.29) is 30.9 Å². The molecule has 0 amide bonds. The van der Waals surface area contributed by atoms with Crippen LogP contribution in [0.2, 0.25) is 0 Å². The Bertz CT molecular complexity index is 1600. The third kappa shape index (κ3) is 12.0. The van der Waals surface area contributed by atoms with Crippen LogP contribution in [0.25, 0.3) is 0 Å². The number of anilines is 7. The van der Waals surface area contributed by atoms with Crippen molar-refractivity contribution in [3.63, 3.8) is 0 Å². The van der Waals surface area contributed by atoms with Gasteiger partial charge in [-0.1, -0.05) is 46.7 Å². The molecule has 0 aromatic heterocycles. The van der Waals surface area contributed by atoms with Crippen LogP contribution in [0.1, 0.15) is 23.1 Å². The molecule has 0 unspecified atom stereocenters. The summed E-state index contributed by atoms with van der Waals surface area (Å²) < 4.78 is 7.93. The highest BCUT2D eigenvalue weighted by Gasteiger charge is 2.20. The van der Waals surface area contributed by atoms with Gasteiger partial charge < -0.3 is 47.4 Å². The van der Waals surface area contributed by atoms with E-state index in [0.29, 0.717) is 11.4 Å². The number of hydrogen-bond acceptors (Lipinski definition) is 10. The second-order valence-corrected chi connectivity index (χ2v) is 12.9. The Labute approximate surface area is 314 Å². The molecule has 4 aromatic rings. The molecule has 0 aliphatic carbocycles. The zero-order chi connectivity index (χ0) is 35.9. The monoisotopic (exact) mass is 819 g/mol. The fourth-order valence-corrected chi connectivity index (χ4v) is 5.94. The summed E-state index contributed by atoms with van der Waals surface area (Å²) in [6, 6.07) is 27.6. The van der Waals surface area contributed by atoms with Crippen LogP contribution in [-0.2, 0) is 0 Å². The highest BCUT2D eigenvalue weighted by atomic mass is 79.9. The molecule has 50 heavy (non-hydrogen) atoms. The van der Waals surface area contributed by atoms with Crippen LogP contribution in [0.3, 0.4) is 0 Å². The van der Waals surface area contributed by atoms with Crippen molar-refractivity contribution in [3.05, 3.63) is 104 Å². The molecule has 2 heterocycles. The number of aliphatic hydroxyl groups is 1. The maximum absolute atomic E-state index is 10.8. The number of nitrogens with two attached hydrogens (primary N) is 3. The summed E-state index contributed by atoms with van der Waals surface area (Å²) in [6.45, 7) is 9.42. The summed E-state index contributed by atoms with van der Waals surface area (Å²) >= 11 is 6.92. The molecule has 2 fully saturated rings. The Kier molecular flexibility index (Phi) is 17.7. The number of nitrogen functional groups attached to an aromatic ring is 3. The van der Waals surface area contributed by atoms with Gasteiger partial charge in [0.05, 0.1) is 16.3 Å². The molecule has 2 saturated heterocycles. The third-order valence-corrected chi connectivity index (χ3v) is 9.01. The molecule has 12 nitrogen and oxygen atoms in total. The average molecular weight is 822 g/mol. The first kappa shape index (κ1) is 41.9. The lowest BCUT2D eigenvalue weighted by Crippen LogP contribution is -2.46. The SMILES string of the molecule is C.CCO.Nc1cc(N2CCN(c3ccc(Br)cc3)CC2)ccc1[N+](=O)[O-].Nc1ccc(N2CCN(c3ccc(Br)cc3)CC2)cc1N.O.[2H]C. The van der Waals surface area contributed by atoms with Gasteiger partial charge in [-0.2, -0.15) is 0 Å². The lowest BCUT2D eigenvalue weighted by molar-refractivity contribution is -0.383. The Hall–Kier alpha value is -4.24. The Balaban J connectivity index is 0.000000439. The van der Waals surface area contributed by atoms with Crippen LogP contribution in [0.5, 0.6) is 0 Å². The second kappa shape index (κ2) is 21.1. The number of nitrogens with zero attached hydrogens (tertiary/aromatic N) is 5. The molecule has 4 aromatic carbocycles. The molecule has 0 atom stereocenters. The van der Waals surface area contributed by atoms with Crippen molar-refractivity contribution in [1.29, 1.82) is 0 Å². The fourth-order valence-electron chi connectivity index (χ4n) is 5.41. The standard InChI is InChI=1S/C16H17BrN4O2.C16H19BrN4.C2H6O.2CH4.H2O/c17-12-1-3-13(4-2-12)19-7-9-20(10-8-19)14-5-6-16(21(22)23)15(18)11-14;17-12-1-3-13(4-2-12)20-7-9-21(10-8-20)14-5-6-15(18)16(19)11-14;1-2-3;;;/h1-6,11H,7-10,18H2;1-6,11H,7-10,18-19H2;3H,2H2,1H3;2*1H4;1H2/i;;;1D;;. The van der Waals surface area contributed by atoms with E-state index in [9.17, 15) is 10.1 Å². The highest BCUT2D eigenvalue weighted by Crippen LogP contribution is 2.29. The number of aliphatic hydroxyl groups excluding tert-OH is 1. The lowest BCUT2D eigenvalue weighted by atomic mass is 10.2. The van der Waals surface area contributed by atoms with Crippen molar-refractivity contribution >= 4 is 77.4 Å². The minimum Gasteiger partial charge on any atom is -0.412 e. The molecule has 2 aliphatic rings. The van der Waals surface area contributed by atoms with Gasteiger partial charge in [-0.3, -0.25) is 10.1 Å². The quantitative estimate of drug-likeness (QED) is 0.0965. The van der Waals surface area contributed by atoms with Gasteiger partial charge in [-0.05, 0) is 85.8 Å².